The molecule has 1 unspecified atom stereocenters. The molecule has 1 fully saturated rings. The predicted octanol–water partition coefficient (Wildman–Crippen LogP) is -0.0797. The van der Waals surface area contributed by atoms with Crippen LogP contribution in [0.5, 0.6) is 0 Å². The number of nitrogens with zero attached hydrogens (tertiary/aromatic N) is 3. The van der Waals surface area contributed by atoms with E-state index in [9.17, 15) is 4.79 Å². The number of aromatic nitrogens is 1. The van der Waals surface area contributed by atoms with E-state index in [-0.39, 0.29) is 11.9 Å². The third kappa shape index (κ3) is 3.14. The van der Waals surface area contributed by atoms with Gasteiger partial charge in [0.05, 0.1) is 17.9 Å². The summed E-state index contributed by atoms with van der Waals surface area (Å²) in [7, 11) is 1.67. The number of carbonyl (C=O) groups excluding carboxylic acids is 1. The van der Waals surface area contributed by atoms with Gasteiger partial charge in [-0.15, -0.1) is 0 Å². The van der Waals surface area contributed by atoms with Gasteiger partial charge < -0.3 is 16.0 Å². The van der Waals surface area contributed by atoms with Gasteiger partial charge in [0.15, 0.2) is 0 Å². The lowest BCUT2D eigenvalue weighted by Crippen LogP contribution is -2.53. The highest BCUT2D eigenvalue weighted by atomic mass is 16.2. The van der Waals surface area contributed by atoms with E-state index in [4.69, 9.17) is 5.73 Å². The van der Waals surface area contributed by atoms with E-state index in [1.807, 2.05) is 19.1 Å². The first kappa shape index (κ1) is 13.6. The number of carbonyl (C=O) groups is 1. The van der Waals surface area contributed by atoms with Crippen molar-refractivity contribution in [1.82, 2.24) is 15.2 Å². The Bertz CT molecular complexity index is 425. The highest BCUT2D eigenvalue weighted by Gasteiger charge is 2.25. The average molecular weight is 263 g/mol. The van der Waals surface area contributed by atoms with Crippen molar-refractivity contribution in [2.45, 2.75) is 13.0 Å². The van der Waals surface area contributed by atoms with Crippen LogP contribution in [0.15, 0.2) is 18.3 Å². The van der Waals surface area contributed by atoms with Gasteiger partial charge in [0.2, 0.25) is 5.91 Å². The van der Waals surface area contributed by atoms with Gasteiger partial charge in [0, 0.05) is 33.2 Å². The van der Waals surface area contributed by atoms with E-state index in [0.717, 1.165) is 32.0 Å². The van der Waals surface area contributed by atoms with Crippen LogP contribution in [0.3, 0.4) is 0 Å². The van der Waals surface area contributed by atoms with Gasteiger partial charge in [-0.2, -0.15) is 0 Å². The number of nitrogens with one attached hydrogen (secondary N) is 1. The molecule has 1 aliphatic rings. The molecule has 0 aliphatic carbocycles. The van der Waals surface area contributed by atoms with Crippen molar-refractivity contribution in [1.29, 1.82) is 0 Å². The highest BCUT2D eigenvalue weighted by Crippen LogP contribution is 2.15. The minimum absolute atomic E-state index is 0.0686. The van der Waals surface area contributed by atoms with Crippen LogP contribution in [-0.4, -0.2) is 55.1 Å². The molecule has 1 saturated heterocycles. The first-order chi connectivity index (χ1) is 9.11. The largest absolute Gasteiger partial charge is 0.397 e. The predicted molar refractivity (Wildman–Crippen MR) is 76.0 cm³/mol. The second-order valence-electron chi connectivity index (χ2n) is 4.76. The fraction of sp³-hybridized carbons (Fsp3) is 0.538. The lowest BCUT2D eigenvalue weighted by atomic mass is 10.2. The van der Waals surface area contributed by atoms with Crippen molar-refractivity contribution >= 4 is 17.4 Å². The SMILES string of the molecule is CNC(=O)C(C)N1CCN(c2ccc(N)cn2)CC1. The molecule has 0 aromatic carbocycles. The first-order valence-corrected chi connectivity index (χ1v) is 6.54. The number of piperazine rings is 1. The van der Waals surface area contributed by atoms with Crippen LogP contribution in [0, 0.1) is 0 Å². The van der Waals surface area contributed by atoms with E-state index in [0.29, 0.717) is 5.69 Å². The number of amides is 1. The topological polar surface area (TPSA) is 74.5 Å². The maximum Gasteiger partial charge on any atom is 0.236 e. The Labute approximate surface area is 113 Å². The molecule has 104 valence electrons. The summed E-state index contributed by atoms with van der Waals surface area (Å²) in [6.07, 6.45) is 1.68. The number of pyridine rings is 1. The van der Waals surface area contributed by atoms with Crippen molar-refractivity contribution in [3.05, 3.63) is 18.3 Å². The number of rotatable bonds is 3. The van der Waals surface area contributed by atoms with E-state index in [2.05, 4.69) is 20.1 Å². The molecule has 0 spiro atoms. The zero-order valence-electron chi connectivity index (χ0n) is 11.5. The van der Waals surface area contributed by atoms with Gasteiger partial charge in [-0.1, -0.05) is 0 Å². The summed E-state index contributed by atoms with van der Waals surface area (Å²) in [5.74, 6) is 1.01. The average Bonchev–Trinajstić information content (AvgIpc) is 2.46. The van der Waals surface area contributed by atoms with Gasteiger partial charge in [-0.3, -0.25) is 9.69 Å². The van der Waals surface area contributed by atoms with Gasteiger partial charge in [-0.25, -0.2) is 4.98 Å². The molecule has 3 N–H and O–H groups in total. The maximum absolute atomic E-state index is 11.6. The Kier molecular flexibility index (Phi) is 4.21. The molecule has 2 rings (SSSR count). The van der Waals surface area contributed by atoms with E-state index in [1.165, 1.54) is 0 Å². The minimum Gasteiger partial charge on any atom is -0.397 e. The summed E-state index contributed by atoms with van der Waals surface area (Å²) in [6.45, 7) is 5.41. The Morgan fingerprint density at radius 2 is 2.05 bits per heavy atom. The standard InChI is InChI=1S/C13H21N5O/c1-10(13(19)15-2)17-5-7-18(8-6-17)12-4-3-11(14)9-16-12/h3-4,9-10H,5-8,14H2,1-2H3,(H,15,19). The molecule has 1 amide bonds. The van der Waals surface area contributed by atoms with Crippen LogP contribution >= 0.6 is 0 Å². The monoisotopic (exact) mass is 263 g/mol. The lowest BCUT2D eigenvalue weighted by Gasteiger charge is -2.37. The van der Waals surface area contributed by atoms with Crippen LogP contribution < -0.4 is 16.0 Å². The number of hydrogen-bond donors (Lipinski definition) is 2. The van der Waals surface area contributed by atoms with Crippen LogP contribution in [0.25, 0.3) is 0 Å². The Morgan fingerprint density at radius 3 is 2.58 bits per heavy atom. The molecule has 0 saturated carbocycles. The molecular weight excluding hydrogens is 242 g/mol. The normalized spacial score (nSPS) is 18.1. The molecule has 1 atom stereocenters. The van der Waals surface area contributed by atoms with Crippen molar-refractivity contribution < 1.29 is 4.79 Å². The number of nitrogens with two attached hydrogens (primary N) is 1. The smallest absolute Gasteiger partial charge is 0.236 e. The Balaban J connectivity index is 1.92. The van der Waals surface area contributed by atoms with Crippen LogP contribution in [0.4, 0.5) is 11.5 Å². The van der Waals surface area contributed by atoms with E-state index >= 15 is 0 Å². The summed E-state index contributed by atoms with van der Waals surface area (Å²) >= 11 is 0. The lowest BCUT2D eigenvalue weighted by molar-refractivity contribution is -0.125. The fourth-order valence-corrected chi connectivity index (χ4v) is 2.30. The molecule has 6 nitrogen and oxygen atoms in total. The third-order valence-corrected chi connectivity index (χ3v) is 3.58. The fourth-order valence-electron chi connectivity index (χ4n) is 2.30. The number of nitrogen functional groups attached to an aromatic ring is 1. The molecule has 0 bridgehead atoms. The van der Waals surface area contributed by atoms with Crippen LogP contribution in [-0.2, 0) is 4.79 Å². The molecule has 2 heterocycles. The number of likely N-dealkylation sites (N-methyl/N-ethyl adjacent to an activating group) is 1. The molecule has 0 radical (unpaired) electrons. The summed E-state index contributed by atoms with van der Waals surface area (Å²) in [5.41, 5.74) is 6.31. The van der Waals surface area contributed by atoms with Crippen LogP contribution in [0.1, 0.15) is 6.92 Å². The molecule has 1 aromatic heterocycles. The Morgan fingerprint density at radius 1 is 1.37 bits per heavy atom. The summed E-state index contributed by atoms with van der Waals surface area (Å²) in [5, 5.41) is 2.69. The van der Waals surface area contributed by atoms with Crippen LogP contribution in [0.2, 0.25) is 0 Å². The van der Waals surface area contributed by atoms with Crippen molar-refractivity contribution in [3.63, 3.8) is 0 Å². The van der Waals surface area contributed by atoms with E-state index in [1.54, 1.807) is 13.2 Å². The molecular formula is C13H21N5O. The quantitative estimate of drug-likeness (QED) is 0.798. The molecule has 19 heavy (non-hydrogen) atoms. The summed E-state index contributed by atoms with van der Waals surface area (Å²) < 4.78 is 0. The minimum atomic E-state index is -0.0773. The molecule has 1 aromatic rings. The summed E-state index contributed by atoms with van der Waals surface area (Å²) in [6, 6.07) is 3.72. The van der Waals surface area contributed by atoms with Gasteiger partial charge in [0.1, 0.15) is 5.82 Å². The van der Waals surface area contributed by atoms with Crippen molar-refractivity contribution in [2.75, 3.05) is 43.9 Å². The third-order valence-electron chi connectivity index (χ3n) is 3.58. The first-order valence-electron chi connectivity index (χ1n) is 6.54. The summed E-state index contributed by atoms with van der Waals surface area (Å²) in [4.78, 5) is 20.3. The zero-order valence-corrected chi connectivity index (χ0v) is 11.5. The highest BCUT2D eigenvalue weighted by molar-refractivity contribution is 5.81. The van der Waals surface area contributed by atoms with Crippen molar-refractivity contribution in [3.8, 4) is 0 Å². The molecule has 6 heteroatoms. The second kappa shape index (κ2) is 5.88. The zero-order chi connectivity index (χ0) is 13.8. The van der Waals surface area contributed by atoms with Gasteiger partial charge in [0.25, 0.3) is 0 Å². The molecule has 1 aliphatic heterocycles. The maximum atomic E-state index is 11.6. The second-order valence-corrected chi connectivity index (χ2v) is 4.76. The van der Waals surface area contributed by atoms with E-state index < -0.39 is 0 Å². The number of anilines is 2. The number of hydrogen-bond acceptors (Lipinski definition) is 5. The van der Waals surface area contributed by atoms with Gasteiger partial charge in [-0.05, 0) is 19.1 Å². The Hall–Kier alpha value is -1.82. The van der Waals surface area contributed by atoms with Gasteiger partial charge >= 0.3 is 0 Å². The van der Waals surface area contributed by atoms with Crippen molar-refractivity contribution in [2.24, 2.45) is 0 Å².